The van der Waals surface area contributed by atoms with E-state index in [2.05, 4.69) is 0 Å². The molecule has 1 aromatic rings. The van der Waals surface area contributed by atoms with E-state index in [-0.39, 0.29) is 10.0 Å². The van der Waals surface area contributed by atoms with Crippen molar-refractivity contribution in [1.29, 1.82) is 0 Å². The summed E-state index contributed by atoms with van der Waals surface area (Å²) in [5, 5.41) is 0.917. The van der Waals surface area contributed by atoms with Crippen molar-refractivity contribution in [2.45, 2.75) is 6.42 Å². The van der Waals surface area contributed by atoms with Crippen molar-refractivity contribution in [2.24, 2.45) is 5.73 Å². The van der Waals surface area contributed by atoms with Gasteiger partial charge in [-0.15, -0.1) is 0 Å². The minimum absolute atomic E-state index is 0.242. The molecule has 16 heavy (non-hydrogen) atoms. The third-order valence-corrected chi connectivity index (χ3v) is 3.35. The van der Waals surface area contributed by atoms with E-state index in [0.717, 1.165) is 0 Å². The SMILES string of the molecule is COc1c(Cl)c(Cl)c(OC)c(CCN)c1Cl. The number of nitrogens with two attached hydrogens (primary N) is 1. The minimum Gasteiger partial charge on any atom is -0.495 e. The van der Waals surface area contributed by atoms with Gasteiger partial charge in [-0.05, 0) is 13.0 Å². The number of halogens is 3. The van der Waals surface area contributed by atoms with E-state index >= 15 is 0 Å². The molecule has 90 valence electrons. The highest BCUT2D eigenvalue weighted by Gasteiger charge is 2.21. The zero-order chi connectivity index (χ0) is 12.3. The van der Waals surface area contributed by atoms with Crippen LogP contribution in [-0.4, -0.2) is 20.8 Å². The first-order chi connectivity index (χ1) is 7.58. The topological polar surface area (TPSA) is 44.5 Å². The molecule has 6 heteroatoms. The number of benzene rings is 1. The highest BCUT2D eigenvalue weighted by molar-refractivity contribution is 6.46. The van der Waals surface area contributed by atoms with Crippen LogP contribution < -0.4 is 15.2 Å². The van der Waals surface area contributed by atoms with E-state index in [1.165, 1.54) is 14.2 Å². The normalized spacial score (nSPS) is 10.4. The predicted octanol–water partition coefficient (Wildman–Crippen LogP) is 3.17. The third kappa shape index (κ3) is 2.33. The lowest BCUT2D eigenvalue weighted by Gasteiger charge is -2.16. The van der Waals surface area contributed by atoms with Crippen LogP contribution in [0.3, 0.4) is 0 Å². The van der Waals surface area contributed by atoms with E-state index in [0.29, 0.717) is 35.1 Å². The molecule has 0 atom stereocenters. The Morgan fingerprint density at radius 1 is 0.938 bits per heavy atom. The van der Waals surface area contributed by atoms with Gasteiger partial charge in [0.1, 0.15) is 15.8 Å². The molecule has 0 fully saturated rings. The Morgan fingerprint density at radius 2 is 1.44 bits per heavy atom. The molecule has 2 N–H and O–H groups in total. The number of hydrogen-bond donors (Lipinski definition) is 1. The van der Waals surface area contributed by atoms with Gasteiger partial charge in [-0.1, -0.05) is 34.8 Å². The Labute approximate surface area is 109 Å². The molecule has 0 saturated heterocycles. The van der Waals surface area contributed by atoms with Gasteiger partial charge < -0.3 is 15.2 Å². The maximum absolute atomic E-state index is 6.15. The maximum atomic E-state index is 6.15. The first kappa shape index (κ1) is 13.7. The summed E-state index contributed by atoms with van der Waals surface area (Å²) in [4.78, 5) is 0. The largest absolute Gasteiger partial charge is 0.495 e. The number of ether oxygens (including phenoxy) is 2. The van der Waals surface area contributed by atoms with Gasteiger partial charge in [0.25, 0.3) is 0 Å². The lowest BCUT2D eigenvalue weighted by Crippen LogP contribution is -2.06. The average Bonchev–Trinajstić information content (AvgIpc) is 2.27. The van der Waals surface area contributed by atoms with Crippen LogP contribution >= 0.6 is 34.8 Å². The fourth-order valence-corrected chi connectivity index (χ4v) is 2.36. The summed E-state index contributed by atoms with van der Waals surface area (Å²) in [7, 11) is 2.97. The van der Waals surface area contributed by atoms with Crippen molar-refractivity contribution < 1.29 is 9.47 Å². The van der Waals surface area contributed by atoms with Crippen molar-refractivity contribution in [3.8, 4) is 11.5 Å². The molecular formula is C10H12Cl3NO2. The second-order valence-corrected chi connectivity index (χ2v) is 4.16. The van der Waals surface area contributed by atoms with Crippen molar-refractivity contribution in [2.75, 3.05) is 20.8 Å². The van der Waals surface area contributed by atoms with Gasteiger partial charge in [-0.2, -0.15) is 0 Å². The van der Waals surface area contributed by atoms with Gasteiger partial charge in [0.15, 0.2) is 5.75 Å². The molecule has 1 aromatic carbocycles. The summed E-state index contributed by atoms with van der Waals surface area (Å²) in [5.41, 5.74) is 6.21. The first-order valence-corrected chi connectivity index (χ1v) is 5.69. The monoisotopic (exact) mass is 283 g/mol. The molecule has 0 bridgehead atoms. The van der Waals surface area contributed by atoms with Crippen LogP contribution in [0.5, 0.6) is 11.5 Å². The van der Waals surface area contributed by atoms with Crippen LogP contribution in [0, 0.1) is 0 Å². The quantitative estimate of drug-likeness (QED) is 0.864. The van der Waals surface area contributed by atoms with Crippen LogP contribution in [0.15, 0.2) is 0 Å². The molecule has 0 unspecified atom stereocenters. The summed E-state index contributed by atoms with van der Waals surface area (Å²) < 4.78 is 10.3. The number of rotatable bonds is 4. The number of hydrogen-bond acceptors (Lipinski definition) is 3. The first-order valence-electron chi connectivity index (χ1n) is 4.55. The Kier molecular flexibility index (Phi) is 4.99. The van der Waals surface area contributed by atoms with Gasteiger partial charge >= 0.3 is 0 Å². The smallest absolute Gasteiger partial charge is 0.158 e. The molecule has 3 nitrogen and oxygen atoms in total. The summed E-state index contributed by atoms with van der Waals surface area (Å²) in [6, 6.07) is 0. The van der Waals surface area contributed by atoms with Crippen molar-refractivity contribution in [1.82, 2.24) is 0 Å². The standard InChI is InChI=1S/C10H12Cl3NO2/c1-15-9-5(3-4-14)6(11)10(16-2)8(13)7(9)12/h3-4,14H2,1-2H3. The van der Waals surface area contributed by atoms with Crippen LogP contribution in [0.4, 0.5) is 0 Å². The highest BCUT2D eigenvalue weighted by atomic mass is 35.5. The van der Waals surface area contributed by atoms with Gasteiger partial charge in [-0.3, -0.25) is 0 Å². The van der Waals surface area contributed by atoms with Gasteiger partial charge in [-0.25, -0.2) is 0 Å². The van der Waals surface area contributed by atoms with E-state index in [1.54, 1.807) is 0 Å². The van der Waals surface area contributed by atoms with Gasteiger partial charge in [0.05, 0.1) is 19.2 Å². The molecule has 0 amide bonds. The van der Waals surface area contributed by atoms with Gasteiger partial charge in [0.2, 0.25) is 0 Å². The van der Waals surface area contributed by atoms with Crippen LogP contribution in [0.2, 0.25) is 15.1 Å². The Morgan fingerprint density at radius 3 is 1.88 bits per heavy atom. The summed E-state index contributed by atoms with van der Waals surface area (Å²) in [6.07, 6.45) is 0.537. The Bertz CT molecular complexity index is 396. The van der Waals surface area contributed by atoms with Gasteiger partial charge in [0, 0.05) is 5.56 Å². The van der Waals surface area contributed by atoms with Crippen LogP contribution in [0.25, 0.3) is 0 Å². The Balaban J connectivity index is 3.50. The maximum Gasteiger partial charge on any atom is 0.158 e. The third-order valence-electron chi connectivity index (χ3n) is 2.13. The predicted molar refractivity (Wildman–Crippen MR) is 67.3 cm³/mol. The molecule has 0 spiro atoms. The average molecular weight is 285 g/mol. The molecule has 0 aromatic heterocycles. The fourth-order valence-electron chi connectivity index (χ4n) is 1.42. The van der Waals surface area contributed by atoms with E-state index in [4.69, 9.17) is 50.0 Å². The molecule has 0 heterocycles. The molecule has 1 rings (SSSR count). The number of methoxy groups -OCH3 is 2. The van der Waals surface area contributed by atoms with E-state index < -0.39 is 0 Å². The Hall–Kier alpha value is -0.350. The van der Waals surface area contributed by atoms with Crippen molar-refractivity contribution in [3.05, 3.63) is 20.6 Å². The van der Waals surface area contributed by atoms with Crippen LogP contribution in [-0.2, 0) is 6.42 Å². The molecule has 0 aliphatic carbocycles. The minimum atomic E-state index is 0.242. The zero-order valence-corrected chi connectivity index (χ0v) is 11.2. The van der Waals surface area contributed by atoms with Crippen molar-refractivity contribution >= 4 is 34.8 Å². The molecular weight excluding hydrogens is 272 g/mol. The van der Waals surface area contributed by atoms with E-state index in [1.807, 2.05) is 0 Å². The summed E-state index contributed by atoms with van der Waals surface area (Å²) in [6.45, 7) is 0.428. The highest BCUT2D eigenvalue weighted by Crippen LogP contribution is 2.47. The second kappa shape index (κ2) is 5.82. The molecule has 0 aliphatic rings. The summed E-state index contributed by atoms with van der Waals surface area (Å²) in [5.74, 6) is 0.792. The van der Waals surface area contributed by atoms with E-state index in [9.17, 15) is 0 Å². The molecule has 0 aliphatic heterocycles. The second-order valence-electron chi connectivity index (χ2n) is 3.03. The van der Waals surface area contributed by atoms with Crippen molar-refractivity contribution in [3.63, 3.8) is 0 Å². The lowest BCUT2D eigenvalue weighted by atomic mass is 10.1. The zero-order valence-electron chi connectivity index (χ0n) is 8.94. The van der Waals surface area contributed by atoms with Crippen LogP contribution in [0.1, 0.15) is 5.56 Å². The lowest BCUT2D eigenvalue weighted by molar-refractivity contribution is 0.399. The fraction of sp³-hybridized carbons (Fsp3) is 0.400. The summed E-state index contributed by atoms with van der Waals surface area (Å²) >= 11 is 18.2. The molecule has 0 saturated carbocycles. The molecule has 0 radical (unpaired) electrons.